The van der Waals surface area contributed by atoms with E-state index in [-0.39, 0.29) is 30.6 Å². The summed E-state index contributed by atoms with van der Waals surface area (Å²) >= 11 is 0. The van der Waals surface area contributed by atoms with Gasteiger partial charge in [-0.2, -0.15) is 0 Å². The molecular formula is C23H29NO7S. The summed E-state index contributed by atoms with van der Waals surface area (Å²) in [6.07, 6.45) is 4.66. The van der Waals surface area contributed by atoms with Crippen molar-refractivity contribution in [3.8, 4) is 22.8 Å². The first-order valence-corrected chi connectivity index (χ1v) is 12.7. The molecule has 2 aromatic rings. The van der Waals surface area contributed by atoms with Crippen LogP contribution in [0, 0.1) is 0 Å². The highest BCUT2D eigenvalue weighted by Gasteiger charge is 2.27. The van der Waals surface area contributed by atoms with E-state index >= 15 is 0 Å². The third-order valence-corrected chi connectivity index (χ3v) is 6.51. The molecular weight excluding hydrogens is 434 g/mol. The number of sulfone groups is 1. The van der Waals surface area contributed by atoms with Gasteiger partial charge in [0.1, 0.15) is 15.4 Å². The molecule has 0 spiro atoms. The van der Waals surface area contributed by atoms with Crippen molar-refractivity contribution in [2.75, 3.05) is 32.3 Å². The van der Waals surface area contributed by atoms with Crippen LogP contribution in [0.5, 0.6) is 11.5 Å². The van der Waals surface area contributed by atoms with E-state index in [2.05, 4.69) is 0 Å². The maximum absolute atomic E-state index is 12.7. The maximum Gasteiger partial charge on any atom is 0.343 e. The fourth-order valence-corrected chi connectivity index (χ4v) is 4.55. The summed E-state index contributed by atoms with van der Waals surface area (Å²) in [7, 11) is -1.52. The number of aromatic nitrogens is 1. The number of fused-ring (bicyclic) bond motifs is 3. The quantitative estimate of drug-likeness (QED) is 0.416. The fourth-order valence-electron chi connectivity index (χ4n) is 3.91. The van der Waals surface area contributed by atoms with Gasteiger partial charge in [0.05, 0.1) is 31.8 Å². The molecule has 1 unspecified atom stereocenters. The van der Waals surface area contributed by atoms with Crippen LogP contribution < -0.4 is 14.9 Å². The number of rotatable bonds is 9. The second kappa shape index (κ2) is 9.77. The molecule has 1 aromatic carbocycles. The highest BCUT2D eigenvalue weighted by atomic mass is 32.2. The van der Waals surface area contributed by atoms with Crippen molar-refractivity contribution >= 4 is 15.8 Å². The smallest absolute Gasteiger partial charge is 0.343 e. The van der Waals surface area contributed by atoms with Crippen LogP contribution in [0.15, 0.2) is 29.2 Å². The van der Waals surface area contributed by atoms with Gasteiger partial charge in [-0.3, -0.25) is 4.79 Å². The Morgan fingerprint density at radius 3 is 2.56 bits per heavy atom. The van der Waals surface area contributed by atoms with E-state index in [0.717, 1.165) is 17.5 Å². The molecule has 8 nitrogen and oxygen atoms in total. The number of carbonyl (C=O) groups is 1. The normalized spacial score (nSPS) is 14.9. The number of pyridine rings is 1. The summed E-state index contributed by atoms with van der Waals surface area (Å²) in [6.45, 7) is 4.20. The van der Waals surface area contributed by atoms with Crippen molar-refractivity contribution in [1.82, 2.24) is 4.57 Å². The van der Waals surface area contributed by atoms with E-state index in [9.17, 15) is 18.0 Å². The number of ether oxygens (including phenoxy) is 3. The lowest BCUT2D eigenvalue weighted by atomic mass is 9.90. The van der Waals surface area contributed by atoms with E-state index in [1.807, 2.05) is 23.6 Å². The van der Waals surface area contributed by atoms with Crippen molar-refractivity contribution in [3.63, 3.8) is 0 Å². The van der Waals surface area contributed by atoms with Gasteiger partial charge in [0.15, 0.2) is 16.9 Å². The summed E-state index contributed by atoms with van der Waals surface area (Å²) in [4.78, 5) is 24.9. The lowest BCUT2D eigenvalue weighted by molar-refractivity contribution is 0.0523. The van der Waals surface area contributed by atoms with Gasteiger partial charge in [0.25, 0.3) is 0 Å². The minimum atomic E-state index is -3.05. The molecule has 2 heterocycles. The Kier molecular flexibility index (Phi) is 7.28. The van der Waals surface area contributed by atoms with Crippen molar-refractivity contribution in [1.29, 1.82) is 0 Å². The molecule has 0 N–H and O–H groups in total. The van der Waals surface area contributed by atoms with Crippen LogP contribution in [0.25, 0.3) is 11.3 Å². The number of hydrogen-bond donors (Lipinski definition) is 0. The summed E-state index contributed by atoms with van der Waals surface area (Å²) in [6, 6.07) is 5.24. The summed E-state index contributed by atoms with van der Waals surface area (Å²) in [5.41, 5.74) is 2.17. The molecule has 3 rings (SSSR count). The average molecular weight is 464 g/mol. The molecule has 0 saturated heterocycles. The number of nitrogens with zero attached hydrogens (tertiary/aromatic N) is 1. The molecule has 174 valence electrons. The third-order valence-electron chi connectivity index (χ3n) is 5.48. The Hall–Kier alpha value is -2.81. The maximum atomic E-state index is 12.7. The minimum absolute atomic E-state index is 0.0234. The van der Waals surface area contributed by atoms with E-state index in [0.29, 0.717) is 30.0 Å². The SMILES string of the molecule is CCOC(=O)c1cn2c(cc1=O)-c1cc(OC)c(OCCCS(C)(=O)=O)cc1CC2CC. The third kappa shape index (κ3) is 5.15. The molecule has 0 saturated carbocycles. The molecule has 0 amide bonds. The Balaban J connectivity index is 2.00. The predicted molar refractivity (Wildman–Crippen MR) is 122 cm³/mol. The van der Waals surface area contributed by atoms with Crippen molar-refractivity contribution in [3.05, 3.63) is 45.7 Å². The molecule has 32 heavy (non-hydrogen) atoms. The van der Waals surface area contributed by atoms with E-state index < -0.39 is 21.2 Å². The van der Waals surface area contributed by atoms with Gasteiger partial charge < -0.3 is 18.8 Å². The molecule has 1 aliphatic rings. The van der Waals surface area contributed by atoms with Crippen molar-refractivity contribution in [2.24, 2.45) is 0 Å². The predicted octanol–water partition coefficient (Wildman–Crippen LogP) is 3.02. The lowest BCUT2D eigenvalue weighted by Crippen LogP contribution is -2.26. The second-order valence-corrected chi connectivity index (χ2v) is 10.1. The summed E-state index contributed by atoms with van der Waals surface area (Å²) < 4.78 is 41.0. The number of benzene rings is 1. The van der Waals surface area contributed by atoms with Crippen LogP contribution in [-0.2, 0) is 21.0 Å². The van der Waals surface area contributed by atoms with Crippen LogP contribution in [0.3, 0.4) is 0 Å². The first kappa shape index (κ1) is 23.8. The number of hydrogen-bond acceptors (Lipinski definition) is 7. The van der Waals surface area contributed by atoms with Crippen molar-refractivity contribution < 1.29 is 27.4 Å². The second-order valence-electron chi connectivity index (χ2n) is 7.82. The Labute approximate surface area is 188 Å². The van der Waals surface area contributed by atoms with Gasteiger partial charge >= 0.3 is 5.97 Å². The molecule has 0 fully saturated rings. The first-order chi connectivity index (χ1) is 15.2. The van der Waals surface area contributed by atoms with Crippen LogP contribution in [0.1, 0.15) is 48.7 Å². The van der Waals surface area contributed by atoms with Crippen LogP contribution in [-0.4, -0.2) is 51.3 Å². The lowest BCUT2D eigenvalue weighted by Gasteiger charge is -2.31. The van der Waals surface area contributed by atoms with Gasteiger partial charge in [-0.1, -0.05) is 6.92 Å². The minimum Gasteiger partial charge on any atom is -0.493 e. The van der Waals surface area contributed by atoms with Gasteiger partial charge in [-0.05, 0) is 43.9 Å². The van der Waals surface area contributed by atoms with E-state index in [1.54, 1.807) is 13.1 Å². The van der Waals surface area contributed by atoms with Crippen molar-refractivity contribution in [2.45, 2.75) is 39.2 Å². The highest BCUT2D eigenvalue weighted by molar-refractivity contribution is 7.90. The Bertz CT molecular complexity index is 1170. The monoisotopic (exact) mass is 463 g/mol. The van der Waals surface area contributed by atoms with Gasteiger partial charge in [0, 0.05) is 30.1 Å². The molecule has 1 atom stereocenters. The van der Waals surface area contributed by atoms with Gasteiger partial charge in [-0.15, -0.1) is 0 Å². The number of carbonyl (C=O) groups excluding carboxylic acids is 1. The molecule has 1 aromatic heterocycles. The largest absolute Gasteiger partial charge is 0.493 e. The molecule has 0 aliphatic carbocycles. The average Bonchev–Trinajstić information content (AvgIpc) is 2.74. The molecule has 0 radical (unpaired) electrons. The van der Waals surface area contributed by atoms with Crippen LogP contribution >= 0.6 is 0 Å². The van der Waals surface area contributed by atoms with Crippen LogP contribution in [0.4, 0.5) is 0 Å². The van der Waals surface area contributed by atoms with E-state index in [4.69, 9.17) is 14.2 Å². The fraction of sp³-hybridized carbons (Fsp3) is 0.478. The van der Waals surface area contributed by atoms with E-state index in [1.165, 1.54) is 19.4 Å². The standard InChI is InChI=1S/C23H29NO7S/c1-5-16-10-15-11-22(31-8-7-9-32(4,27)28)21(29-3)12-17(15)19-13-20(25)18(14-24(16)19)23(26)30-6-2/h11-14,16H,5-10H2,1-4H3. The summed E-state index contributed by atoms with van der Waals surface area (Å²) in [5, 5.41) is 0. The Morgan fingerprint density at radius 1 is 1.19 bits per heavy atom. The Morgan fingerprint density at radius 2 is 1.94 bits per heavy atom. The molecule has 9 heteroatoms. The topological polar surface area (TPSA) is 101 Å². The van der Waals surface area contributed by atoms with Gasteiger partial charge in [0.2, 0.25) is 0 Å². The zero-order valence-electron chi connectivity index (χ0n) is 18.8. The van der Waals surface area contributed by atoms with Crippen LogP contribution in [0.2, 0.25) is 0 Å². The zero-order chi connectivity index (χ0) is 23.5. The zero-order valence-corrected chi connectivity index (χ0v) is 19.7. The molecule has 1 aliphatic heterocycles. The van der Waals surface area contributed by atoms with Gasteiger partial charge in [-0.25, -0.2) is 13.2 Å². The summed E-state index contributed by atoms with van der Waals surface area (Å²) in [5.74, 6) is 0.459. The first-order valence-electron chi connectivity index (χ1n) is 10.6. The highest BCUT2D eigenvalue weighted by Crippen LogP contribution is 2.41. The number of methoxy groups -OCH3 is 1. The molecule has 0 bridgehead atoms. The number of esters is 1.